The third-order valence-corrected chi connectivity index (χ3v) is 4.87. The number of rotatable bonds is 6. The second kappa shape index (κ2) is 6.31. The van der Waals surface area contributed by atoms with E-state index in [0.717, 1.165) is 0 Å². The van der Waals surface area contributed by atoms with Crippen molar-refractivity contribution < 1.29 is 13.2 Å². The summed E-state index contributed by atoms with van der Waals surface area (Å²) in [6.07, 6.45) is 1.94. The average molecular weight is 290 g/mol. The van der Waals surface area contributed by atoms with Gasteiger partial charge in [-0.1, -0.05) is 6.92 Å². The summed E-state index contributed by atoms with van der Waals surface area (Å²) in [4.78, 5) is 0.154. The fraction of sp³-hybridized carbons (Fsp3) is 0.455. The van der Waals surface area contributed by atoms with E-state index >= 15 is 0 Å². The van der Waals surface area contributed by atoms with Crippen LogP contribution in [0.15, 0.2) is 23.1 Å². The van der Waals surface area contributed by atoms with Gasteiger partial charge in [0, 0.05) is 17.9 Å². The Labute approximate surface area is 112 Å². The molecule has 0 aliphatic heterocycles. The van der Waals surface area contributed by atoms with Crippen molar-refractivity contribution in [2.45, 2.75) is 17.1 Å². The number of benzene rings is 1. The number of hydrogen-bond donors (Lipinski definition) is 2. The number of thioether (sulfide) groups is 1. The maximum atomic E-state index is 12.0. The fourth-order valence-electron chi connectivity index (χ4n) is 1.25. The summed E-state index contributed by atoms with van der Waals surface area (Å²) < 4.78 is 31.6. The molecule has 0 fully saturated rings. The first-order valence-electron chi connectivity index (χ1n) is 5.36. The molecule has 0 radical (unpaired) electrons. The Morgan fingerprint density at radius 1 is 1.50 bits per heavy atom. The third kappa shape index (κ3) is 3.79. The van der Waals surface area contributed by atoms with Gasteiger partial charge in [0.05, 0.1) is 17.7 Å². The van der Waals surface area contributed by atoms with Gasteiger partial charge in [-0.15, -0.1) is 0 Å². The van der Waals surface area contributed by atoms with Crippen LogP contribution in [0.25, 0.3) is 0 Å². The zero-order valence-corrected chi connectivity index (χ0v) is 12.3. The summed E-state index contributed by atoms with van der Waals surface area (Å²) in [5.74, 6) is 0.357. The normalized spacial score (nSPS) is 13.3. The molecule has 0 saturated carbocycles. The first-order valence-corrected chi connectivity index (χ1v) is 8.13. The minimum Gasteiger partial charge on any atom is -0.495 e. The SMILES string of the molecule is COc1cc(S(=O)(=O)NCC(C)SC)ccc1N. The predicted octanol–water partition coefficient (Wildman–Crippen LogP) is 1.31. The highest BCUT2D eigenvalue weighted by atomic mass is 32.2. The molecule has 3 N–H and O–H groups in total. The molecular weight excluding hydrogens is 272 g/mol. The van der Waals surface area contributed by atoms with Gasteiger partial charge in [0.15, 0.2) is 0 Å². The smallest absolute Gasteiger partial charge is 0.240 e. The van der Waals surface area contributed by atoms with Crippen molar-refractivity contribution in [3.8, 4) is 5.75 Å². The lowest BCUT2D eigenvalue weighted by Crippen LogP contribution is -2.29. The summed E-state index contributed by atoms with van der Waals surface area (Å²) in [5.41, 5.74) is 6.05. The van der Waals surface area contributed by atoms with E-state index in [0.29, 0.717) is 18.0 Å². The molecule has 0 bridgehead atoms. The van der Waals surface area contributed by atoms with Crippen molar-refractivity contribution in [3.05, 3.63) is 18.2 Å². The Morgan fingerprint density at radius 2 is 2.17 bits per heavy atom. The summed E-state index contributed by atoms with van der Waals surface area (Å²) >= 11 is 1.60. The topological polar surface area (TPSA) is 81.4 Å². The molecule has 0 heterocycles. The number of methoxy groups -OCH3 is 1. The van der Waals surface area contributed by atoms with Crippen molar-refractivity contribution in [1.29, 1.82) is 0 Å². The monoisotopic (exact) mass is 290 g/mol. The molecule has 1 aromatic carbocycles. The van der Waals surface area contributed by atoms with Crippen LogP contribution in [-0.2, 0) is 10.0 Å². The van der Waals surface area contributed by atoms with Crippen LogP contribution >= 0.6 is 11.8 Å². The number of hydrogen-bond acceptors (Lipinski definition) is 5. The zero-order valence-electron chi connectivity index (χ0n) is 10.6. The van der Waals surface area contributed by atoms with Crippen LogP contribution in [0.4, 0.5) is 5.69 Å². The molecule has 7 heteroatoms. The zero-order chi connectivity index (χ0) is 13.8. The van der Waals surface area contributed by atoms with Gasteiger partial charge in [-0.3, -0.25) is 0 Å². The van der Waals surface area contributed by atoms with Gasteiger partial charge in [-0.25, -0.2) is 13.1 Å². The van der Waals surface area contributed by atoms with Gasteiger partial charge in [0.2, 0.25) is 10.0 Å². The van der Waals surface area contributed by atoms with E-state index in [9.17, 15) is 8.42 Å². The second-order valence-corrected chi connectivity index (χ2v) is 6.85. The lowest BCUT2D eigenvalue weighted by molar-refractivity contribution is 0.415. The van der Waals surface area contributed by atoms with Crippen LogP contribution in [0.3, 0.4) is 0 Å². The fourth-order valence-corrected chi connectivity index (χ4v) is 2.75. The van der Waals surface area contributed by atoms with E-state index in [2.05, 4.69) is 4.72 Å². The molecule has 1 aromatic rings. The molecule has 0 aromatic heterocycles. The molecule has 1 atom stereocenters. The molecule has 0 saturated heterocycles. The molecule has 18 heavy (non-hydrogen) atoms. The van der Waals surface area contributed by atoms with Crippen LogP contribution in [0.5, 0.6) is 5.75 Å². The van der Waals surface area contributed by atoms with E-state index in [1.165, 1.54) is 25.3 Å². The summed E-state index contributed by atoms with van der Waals surface area (Å²) in [5, 5.41) is 0.218. The minimum absolute atomic E-state index is 0.154. The lowest BCUT2D eigenvalue weighted by atomic mass is 10.3. The van der Waals surface area contributed by atoms with Gasteiger partial charge in [-0.2, -0.15) is 11.8 Å². The number of anilines is 1. The van der Waals surface area contributed by atoms with Crippen LogP contribution in [0.2, 0.25) is 0 Å². The summed E-state index contributed by atoms with van der Waals surface area (Å²) in [7, 11) is -2.06. The predicted molar refractivity (Wildman–Crippen MR) is 75.6 cm³/mol. The average Bonchev–Trinajstić information content (AvgIpc) is 2.36. The van der Waals surface area contributed by atoms with Gasteiger partial charge >= 0.3 is 0 Å². The Morgan fingerprint density at radius 3 is 2.72 bits per heavy atom. The number of nitrogens with two attached hydrogens (primary N) is 1. The van der Waals surface area contributed by atoms with Crippen molar-refractivity contribution in [2.24, 2.45) is 0 Å². The van der Waals surface area contributed by atoms with E-state index in [-0.39, 0.29) is 10.1 Å². The van der Waals surface area contributed by atoms with Crippen LogP contribution in [0.1, 0.15) is 6.92 Å². The van der Waals surface area contributed by atoms with Crippen LogP contribution in [0, 0.1) is 0 Å². The maximum absolute atomic E-state index is 12.0. The first kappa shape index (κ1) is 15.1. The number of nitrogens with one attached hydrogen (secondary N) is 1. The van der Waals surface area contributed by atoms with E-state index < -0.39 is 10.0 Å². The van der Waals surface area contributed by atoms with Gasteiger partial charge < -0.3 is 10.5 Å². The number of nitrogen functional groups attached to an aromatic ring is 1. The minimum atomic E-state index is -3.51. The lowest BCUT2D eigenvalue weighted by Gasteiger charge is -2.12. The van der Waals surface area contributed by atoms with Crippen molar-refractivity contribution in [1.82, 2.24) is 4.72 Å². The third-order valence-electron chi connectivity index (χ3n) is 2.48. The number of ether oxygens (including phenoxy) is 1. The first-order chi connectivity index (χ1) is 8.40. The molecule has 5 nitrogen and oxygen atoms in total. The van der Waals surface area contributed by atoms with Gasteiger partial charge in [-0.05, 0) is 18.4 Å². The standard InChI is InChI=1S/C11H18N2O3S2/c1-8(17-3)7-13-18(14,15)9-4-5-10(12)11(6-9)16-2/h4-6,8,13H,7,12H2,1-3H3. The number of sulfonamides is 1. The summed E-state index contributed by atoms with van der Waals surface area (Å²) in [6.45, 7) is 2.34. The Kier molecular flexibility index (Phi) is 5.30. The van der Waals surface area contributed by atoms with E-state index in [4.69, 9.17) is 10.5 Å². The highest BCUT2D eigenvalue weighted by Crippen LogP contribution is 2.24. The van der Waals surface area contributed by atoms with Crippen molar-refractivity contribution in [2.75, 3.05) is 25.6 Å². The second-order valence-electron chi connectivity index (χ2n) is 3.80. The maximum Gasteiger partial charge on any atom is 0.240 e. The molecular formula is C11H18N2O3S2. The molecule has 0 amide bonds. The van der Waals surface area contributed by atoms with Crippen LogP contribution in [-0.4, -0.2) is 33.6 Å². The molecule has 102 valence electrons. The van der Waals surface area contributed by atoms with Crippen molar-refractivity contribution >= 4 is 27.5 Å². The molecule has 0 aliphatic rings. The highest BCUT2D eigenvalue weighted by molar-refractivity contribution is 7.99. The van der Waals surface area contributed by atoms with Crippen LogP contribution < -0.4 is 15.2 Å². The largest absolute Gasteiger partial charge is 0.495 e. The Balaban J connectivity index is 2.91. The van der Waals surface area contributed by atoms with Gasteiger partial charge in [0.25, 0.3) is 0 Å². The molecule has 1 unspecified atom stereocenters. The quantitative estimate of drug-likeness (QED) is 0.772. The van der Waals surface area contributed by atoms with Crippen molar-refractivity contribution in [3.63, 3.8) is 0 Å². The van der Waals surface area contributed by atoms with E-state index in [1.807, 2.05) is 13.2 Å². The Hall–Kier alpha value is -0.920. The molecule has 0 aliphatic carbocycles. The highest BCUT2D eigenvalue weighted by Gasteiger charge is 2.16. The van der Waals surface area contributed by atoms with E-state index in [1.54, 1.807) is 11.8 Å². The molecule has 0 spiro atoms. The molecule has 1 rings (SSSR count). The summed E-state index contributed by atoms with van der Waals surface area (Å²) in [6, 6.07) is 4.40. The van der Waals surface area contributed by atoms with Gasteiger partial charge in [0.1, 0.15) is 5.75 Å². The Bertz CT molecular complexity index is 503.